The van der Waals surface area contributed by atoms with E-state index in [-0.39, 0.29) is 0 Å². The average Bonchev–Trinajstić information content (AvgIpc) is 2.29. The number of rotatable bonds is 1. The number of hydrogen-bond acceptors (Lipinski definition) is 1. The zero-order chi connectivity index (χ0) is 11.5. The maximum atomic E-state index is 9.06. The highest BCUT2D eigenvalue weighted by atomic mass is 79.9. The summed E-state index contributed by atoms with van der Waals surface area (Å²) < 4.78 is 1.02. The third kappa shape index (κ3) is 2.00. The molecule has 0 N–H and O–H groups in total. The van der Waals surface area contributed by atoms with Crippen molar-refractivity contribution >= 4 is 15.9 Å². The standard InChI is InChI=1S/C14H10BrN/c1-10-6-7-13(14(15)8-10)12-5-3-2-4-11(12)9-16/h2-8H,1H3. The molecule has 0 amide bonds. The Morgan fingerprint density at radius 2 is 1.81 bits per heavy atom. The van der Waals surface area contributed by atoms with Gasteiger partial charge in [0.05, 0.1) is 11.6 Å². The molecule has 0 bridgehead atoms. The molecule has 0 saturated carbocycles. The Bertz CT molecular complexity index is 567. The molecular weight excluding hydrogens is 262 g/mol. The van der Waals surface area contributed by atoms with Crippen molar-refractivity contribution in [3.05, 3.63) is 58.1 Å². The Kier molecular flexibility index (Phi) is 3.07. The van der Waals surface area contributed by atoms with Gasteiger partial charge >= 0.3 is 0 Å². The Balaban J connectivity index is 2.64. The van der Waals surface area contributed by atoms with E-state index in [9.17, 15) is 0 Å². The fourth-order valence-electron chi connectivity index (χ4n) is 1.65. The molecule has 16 heavy (non-hydrogen) atoms. The summed E-state index contributed by atoms with van der Waals surface area (Å²) in [7, 11) is 0. The van der Waals surface area contributed by atoms with Gasteiger partial charge in [-0.2, -0.15) is 5.26 Å². The van der Waals surface area contributed by atoms with Gasteiger partial charge < -0.3 is 0 Å². The van der Waals surface area contributed by atoms with E-state index in [4.69, 9.17) is 5.26 Å². The van der Waals surface area contributed by atoms with Crippen LogP contribution in [0.5, 0.6) is 0 Å². The molecule has 0 fully saturated rings. The molecule has 2 heteroatoms. The van der Waals surface area contributed by atoms with Crippen molar-refractivity contribution in [3.63, 3.8) is 0 Å². The van der Waals surface area contributed by atoms with Crippen LogP contribution in [-0.2, 0) is 0 Å². The molecule has 1 nitrogen and oxygen atoms in total. The van der Waals surface area contributed by atoms with Gasteiger partial charge in [0.1, 0.15) is 0 Å². The van der Waals surface area contributed by atoms with Gasteiger partial charge in [-0.3, -0.25) is 0 Å². The predicted molar refractivity (Wildman–Crippen MR) is 69.0 cm³/mol. The van der Waals surface area contributed by atoms with E-state index >= 15 is 0 Å². The fraction of sp³-hybridized carbons (Fsp3) is 0.0714. The largest absolute Gasteiger partial charge is 0.192 e. The lowest BCUT2D eigenvalue weighted by Crippen LogP contribution is -1.85. The molecule has 0 heterocycles. The molecule has 0 aliphatic carbocycles. The first-order valence-electron chi connectivity index (χ1n) is 4.98. The van der Waals surface area contributed by atoms with Crippen molar-refractivity contribution in [2.75, 3.05) is 0 Å². The Hall–Kier alpha value is -1.59. The molecule has 0 atom stereocenters. The average molecular weight is 272 g/mol. The topological polar surface area (TPSA) is 23.8 Å². The lowest BCUT2D eigenvalue weighted by Gasteiger charge is -2.07. The van der Waals surface area contributed by atoms with Gasteiger partial charge in [-0.15, -0.1) is 0 Å². The van der Waals surface area contributed by atoms with Crippen LogP contribution in [0.1, 0.15) is 11.1 Å². The second kappa shape index (κ2) is 4.51. The summed E-state index contributed by atoms with van der Waals surface area (Å²) >= 11 is 3.54. The predicted octanol–water partition coefficient (Wildman–Crippen LogP) is 4.30. The molecule has 0 aromatic heterocycles. The van der Waals surface area contributed by atoms with E-state index in [1.807, 2.05) is 43.3 Å². The lowest BCUT2D eigenvalue weighted by atomic mass is 10.00. The number of nitriles is 1. The number of nitrogens with zero attached hydrogens (tertiary/aromatic N) is 1. The normalized spacial score (nSPS) is 9.81. The number of hydrogen-bond donors (Lipinski definition) is 0. The van der Waals surface area contributed by atoms with Crippen molar-refractivity contribution < 1.29 is 0 Å². The first-order valence-corrected chi connectivity index (χ1v) is 5.77. The highest BCUT2D eigenvalue weighted by molar-refractivity contribution is 9.10. The minimum absolute atomic E-state index is 0.701. The molecular formula is C14H10BrN. The highest BCUT2D eigenvalue weighted by Crippen LogP contribution is 2.31. The van der Waals surface area contributed by atoms with E-state index in [0.717, 1.165) is 15.6 Å². The van der Waals surface area contributed by atoms with Crippen LogP contribution in [0.25, 0.3) is 11.1 Å². The van der Waals surface area contributed by atoms with E-state index in [1.54, 1.807) is 0 Å². The van der Waals surface area contributed by atoms with E-state index < -0.39 is 0 Å². The summed E-state index contributed by atoms with van der Waals surface area (Å²) in [6, 6.07) is 16.0. The molecule has 2 rings (SSSR count). The molecule has 0 aliphatic rings. The zero-order valence-corrected chi connectivity index (χ0v) is 10.5. The van der Waals surface area contributed by atoms with Crippen LogP contribution in [0.2, 0.25) is 0 Å². The van der Waals surface area contributed by atoms with Crippen molar-refractivity contribution in [1.82, 2.24) is 0 Å². The van der Waals surface area contributed by atoms with Crippen LogP contribution < -0.4 is 0 Å². The van der Waals surface area contributed by atoms with Crippen molar-refractivity contribution in [3.8, 4) is 17.2 Å². The second-order valence-corrected chi connectivity index (χ2v) is 4.50. The third-order valence-corrected chi connectivity index (χ3v) is 3.12. The van der Waals surface area contributed by atoms with E-state index in [1.165, 1.54) is 5.56 Å². The summed E-state index contributed by atoms with van der Waals surface area (Å²) in [5, 5.41) is 9.06. The smallest absolute Gasteiger partial charge is 0.0998 e. The van der Waals surface area contributed by atoms with Gasteiger partial charge in [0.25, 0.3) is 0 Å². The van der Waals surface area contributed by atoms with Crippen LogP contribution >= 0.6 is 15.9 Å². The SMILES string of the molecule is Cc1ccc(-c2ccccc2C#N)c(Br)c1. The van der Waals surface area contributed by atoms with Crippen LogP contribution in [0.4, 0.5) is 0 Å². The number of benzene rings is 2. The van der Waals surface area contributed by atoms with Crippen molar-refractivity contribution in [2.24, 2.45) is 0 Å². The second-order valence-electron chi connectivity index (χ2n) is 3.64. The number of aryl methyl sites for hydroxylation is 1. The Morgan fingerprint density at radius 1 is 1.06 bits per heavy atom. The first-order chi connectivity index (χ1) is 7.72. The minimum atomic E-state index is 0.701. The summed E-state index contributed by atoms with van der Waals surface area (Å²) in [5.74, 6) is 0. The highest BCUT2D eigenvalue weighted by Gasteiger charge is 2.07. The van der Waals surface area contributed by atoms with Gasteiger partial charge in [-0.05, 0) is 30.2 Å². The molecule has 2 aromatic rings. The van der Waals surface area contributed by atoms with Gasteiger partial charge in [0, 0.05) is 10.0 Å². The molecule has 0 saturated heterocycles. The summed E-state index contributed by atoms with van der Waals surface area (Å²) in [6.45, 7) is 2.05. The molecule has 0 radical (unpaired) electrons. The third-order valence-electron chi connectivity index (χ3n) is 2.46. The number of halogens is 1. The van der Waals surface area contributed by atoms with Crippen LogP contribution in [0, 0.1) is 18.3 Å². The van der Waals surface area contributed by atoms with Crippen LogP contribution in [0.15, 0.2) is 46.9 Å². The first kappa shape index (κ1) is 10.9. The zero-order valence-electron chi connectivity index (χ0n) is 8.87. The maximum absolute atomic E-state index is 9.06. The maximum Gasteiger partial charge on any atom is 0.0998 e. The lowest BCUT2D eigenvalue weighted by molar-refractivity contribution is 1.43. The summed E-state index contributed by atoms with van der Waals surface area (Å²) in [6.07, 6.45) is 0. The molecule has 0 spiro atoms. The van der Waals surface area contributed by atoms with Crippen molar-refractivity contribution in [1.29, 1.82) is 5.26 Å². The summed E-state index contributed by atoms with van der Waals surface area (Å²) in [5.41, 5.74) is 3.93. The summed E-state index contributed by atoms with van der Waals surface area (Å²) in [4.78, 5) is 0. The van der Waals surface area contributed by atoms with Gasteiger partial charge in [0.2, 0.25) is 0 Å². The monoisotopic (exact) mass is 271 g/mol. The Labute approximate surface area is 103 Å². The quantitative estimate of drug-likeness (QED) is 0.759. The van der Waals surface area contributed by atoms with E-state index in [2.05, 4.69) is 28.1 Å². The van der Waals surface area contributed by atoms with Crippen LogP contribution in [-0.4, -0.2) is 0 Å². The molecule has 78 valence electrons. The van der Waals surface area contributed by atoms with Gasteiger partial charge in [-0.25, -0.2) is 0 Å². The minimum Gasteiger partial charge on any atom is -0.192 e. The fourth-order valence-corrected chi connectivity index (χ4v) is 2.36. The van der Waals surface area contributed by atoms with Crippen LogP contribution in [0.3, 0.4) is 0 Å². The van der Waals surface area contributed by atoms with Gasteiger partial charge in [0.15, 0.2) is 0 Å². The Morgan fingerprint density at radius 3 is 2.50 bits per heavy atom. The van der Waals surface area contributed by atoms with Gasteiger partial charge in [-0.1, -0.05) is 46.3 Å². The molecule has 2 aromatic carbocycles. The van der Waals surface area contributed by atoms with E-state index in [0.29, 0.717) is 5.56 Å². The molecule has 0 unspecified atom stereocenters. The molecule has 0 aliphatic heterocycles. The van der Waals surface area contributed by atoms with Crippen molar-refractivity contribution in [2.45, 2.75) is 6.92 Å².